The zero-order valence-corrected chi connectivity index (χ0v) is 10.7. The minimum absolute atomic E-state index is 0.000436. The van der Waals surface area contributed by atoms with Gasteiger partial charge < -0.3 is 4.57 Å². The van der Waals surface area contributed by atoms with Gasteiger partial charge in [0.1, 0.15) is 6.07 Å². The lowest BCUT2D eigenvalue weighted by Crippen LogP contribution is -2.14. The average Bonchev–Trinajstić information content (AvgIpc) is 2.84. The molecule has 0 aliphatic rings. The lowest BCUT2D eigenvalue weighted by molar-refractivity contribution is -0.143. The molecule has 0 aliphatic carbocycles. The Bertz CT molecular complexity index is 721. The minimum Gasteiger partial charge on any atom is -0.332 e. The molecule has 9 heteroatoms. The zero-order valence-electron chi connectivity index (χ0n) is 10.7. The van der Waals surface area contributed by atoms with E-state index in [-0.39, 0.29) is 23.9 Å². The van der Waals surface area contributed by atoms with Gasteiger partial charge in [0.2, 0.25) is 0 Å². The Morgan fingerprint density at radius 2 is 1.77 bits per heavy atom. The van der Waals surface area contributed by atoms with Crippen LogP contribution in [0.15, 0.2) is 30.7 Å². The van der Waals surface area contributed by atoms with Gasteiger partial charge >= 0.3 is 12.4 Å². The molecule has 0 spiro atoms. The van der Waals surface area contributed by atoms with Crippen molar-refractivity contribution in [2.45, 2.75) is 18.9 Å². The van der Waals surface area contributed by atoms with E-state index in [1.807, 2.05) is 0 Å². The van der Waals surface area contributed by atoms with Crippen LogP contribution < -0.4 is 0 Å². The first-order chi connectivity index (χ1) is 10.1. The number of aromatic nitrogens is 2. The van der Waals surface area contributed by atoms with Crippen LogP contribution in [-0.2, 0) is 18.9 Å². The van der Waals surface area contributed by atoms with Crippen molar-refractivity contribution in [1.29, 1.82) is 5.26 Å². The molecule has 116 valence electrons. The molecular weight excluding hydrogens is 312 g/mol. The molecule has 0 aliphatic heterocycles. The van der Waals surface area contributed by atoms with Crippen LogP contribution in [-0.4, -0.2) is 9.55 Å². The summed E-state index contributed by atoms with van der Waals surface area (Å²) in [6.07, 6.45) is -7.44. The maximum absolute atomic E-state index is 12.9. The van der Waals surface area contributed by atoms with Crippen molar-refractivity contribution in [2.24, 2.45) is 0 Å². The van der Waals surface area contributed by atoms with E-state index >= 15 is 0 Å². The van der Waals surface area contributed by atoms with Gasteiger partial charge in [0, 0.05) is 12.7 Å². The predicted molar refractivity (Wildman–Crippen MR) is 62.5 cm³/mol. The Morgan fingerprint density at radius 3 is 2.27 bits per heavy atom. The third-order valence-corrected chi connectivity index (χ3v) is 2.84. The Balaban J connectivity index is 2.44. The number of halogens is 6. The topological polar surface area (TPSA) is 41.6 Å². The molecule has 0 N–H and O–H groups in total. The first-order valence-corrected chi connectivity index (χ1v) is 5.80. The summed E-state index contributed by atoms with van der Waals surface area (Å²) in [6, 6.07) is 3.15. The van der Waals surface area contributed by atoms with E-state index < -0.39 is 23.5 Å². The maximum atomic E-state index is 12.9. The molecule has 0 unspecified atom stereocenters. The second-order valence-corrected chi connectivity index (χ2v) is 4.41. The molecule has 1 heterocycles. The molecule has 2 aromatic rings. The van der Waals surface area contributed by atoms with Crippen molar-refractivity contribution < 1.29 is 26.3 Å². The summed E-state index contributed by atoms with van der Waals surface area (Å²) in [5.41, 5.74) is -3.08. The quantitative estimate of drug-likeness (QED) is 0.789. The first-order valence-electron chi connectivity index (χ1n) is 5.80. The summed E-state index contributed by atoms with van der Waals surface area (Å²) in [5, 5.41) is 8.60. The number of nitrogens with zero attached hydrogens (tertiary/aromatic N) is 3. The third kappa shape index (κ3) is 3.39. The fraction of sp³-hybridized carbons (Fsp3) is 0.231. The number of nitriles is 1. The van der Waals surface area contributed by atoms with Gasteiger partial charge in [0.25, 0.3) is 0 Å². The van der Waals surface area contributed by atoms with Gasteiger partial charge in [-0.3, -0.25) is 0 Å². The number of hydrogen-bond acceptors (Lipinski definition) is 2. The van der Waals surface area contributed by atoms with E-state index in [1.165, 1.54) is 10.8 Å². The zero-order chi connectivity index (χ0) is 16.5. The van der Waals surface area contributed by atoms with Crippen LogP contribution in [0.4, 0.5) is 26.3 Å². The van der Waals surface area contributed by atoms with Gasteiger partial charge in [-0.2, -0.15) is 31.6 Å². The average molecular weight is 319 g/mol. The second-order valence-electron chi connectivity index (χ2n) is 4.41. The van der Waals surface area contributed by atoms with Gasteiger partial charge in [-0.1, -0.05) is 6.07 Å². The summed E-state index contributed by atoms with van der Waals surface area (Å²) in [4.78, 5) is 3.62. The molecule has 0 radical (unpaired) electrons. The highest BCUT2D eigenvalue weighted by Gasteiger charge is 2.38. The van der Waals surface area contributed by atoms with Gasteiger partial charge in [0.05, 0.1) is 17.5 Å². The van der Waals surface area contributed by atoms with E-state index in [0.29, 0.717) is 6.07 Å². The van der Waals surface area contributed by atoms with E-state index in [1.54, 1.807) is 6.07 Å². The maximum Gasteiger partial charge on any atom is 0.416 e. The van der Waals surface area contributed by atoms with Crippen LogP contribution in [0, 0.1) is 11.3 Å². The molecule has 0 fully saturated rings. The van der Waals surface area contributed by atoms with Crippen molar-refractivity contribution >= 4 is 0 Å². The molecule has 0 saturated carbocycles. The van der Waals surface area contributed by atoms with Crippen LogP contribution >= 0.6 is 0 Å². The summed E-state index contributed by atoms with van der Waals surface area (Å²) in [7, 11) is 0. The van der Waals surface area contributed by atoms with E-state index in [2.05, 4.69) is 4.98 Å². The summed E-state index contributed by atoms with van der Waals surface area (Å²) >= 11 is 0. The van der Waals surface area contributed by atoms with Gasteiger partial charge in [-0.05, 0) is 17.7 Å². The Hall–Kier alpha value is -2.50. The smallest absolute Gasteiger partial charge is 0.332 e. The normalized spacial score (nSPS) is 12.2. The molecule has 3 nitrogen and oxygen atoms in total. The number of alkyl halides is 6. The molecule has 1 aromatic carbocycles. The number of rotatable bonds is 2. The molecular formula is C13H7F6N3. The molecule has 2 rings (SSSR count). The largest absolute Gasteiger partial charge is 0.416 e. The van der Waals surface area contributed by atoms with Crippen molar-refractivity contribution in [3.8, 4) is 6.07 Å². The lowest BCUT2D eigenvalue weighted by atomic mass is 10.0. The fourth-order valence-corrected chi connectivity index (χ4v) is 1.86. The van der Waals surface area contributed by atoms with E-state index in [9.17, 15) is 26.3 Å². The van der Waals surface area contributed by atoms with Crippen molar-refractivity contribution in [1.82, 2.24) is 9.55 Å². The monoisotopic (exact) mass is 319 g/mol. The van der Waals surface area contributed by atoms with Crippen LogP contribution in [0.2, 0.25) is 0 Å². The van der Waals surface area contributed by atoms with Crippen molar-refractivity contribution in [2.75, 3.05) is 0 Å². The molecule has 1 aromatic heterocycles. The highest BCUT2D eigenvalue weighted by Crippen LogP contribution is 2.37. The minimum atomic E-state index is -4.92. The molecule has 0 amide bonds. The van der Waals surface area contributed by atoms with Gasteiger partial charge in [-0.25, -0.2) is 4.98 Å². The van der Waals surface area contributed by atoms with E-state index in [0.717, 1.165) is 12.4 Å². The SMILES string of the molecule is N#Cc1cn(Cc2ccc(C(F)(F)F)cc2C(F)(F)F)cn1. The highest BCUT2D eigenvalue weighted by atomic mass is 19.4. The summed E-state index contributed by atoms with van der Waals surface area (Å²) < 4.78 is 77.7. The second kappa shape index (κ2) is 5.36. The molecule has 0 atom stereocenters. The van der Waals surface area contributed by atoms with Crippen molar-refractivity contribution in [3.63, 3.8) is 0 Å². The number of hydrogen-bond donors (Lipinski definition) is 0. The van der Waals surface area contributed by atoms with Crippen LogP contribution in [0.5, 0.6) is 0 Å². The third-order valence-electron chi connectivity index (χ3n) is 2.84. The predicted octanol–water partition coefficient (Wildman–Crippen LogP) is 3.84. The standard InChI is InChI=1S/C13H7F6N3/c14-12(15,16)9-2-1-8(11(3-9)13(17,18)19)5-22-6-10(4-20)21-7-22/h1-3,6-7H,5H2. The highest BCUT2D eigenvalue weighted by molar-refractivity contribution is 5.36. The van der Waals surface area contributed by atoms with Crippen LogP contribution in [0.3, 0.4) is 0 Å². The van der Waals surface area contributed by atoms with Gasteiger partial charge in [0.15, 0.2) is 5.69 Å². The number of benzene rings is 1. The van der Waals surface area contributed by atoms with Crippen LogP contribution in [0.25, 0.3) is 0 Å². The molecule has 22 heavy (non-hydrogen) atoms. The first kappa shape index (κ1) is 15.9. The van der Waals surface area contributed by atoms with Gasteiger partial charge in [-0.15, -0.1) is 0 Å². The number of imidazole rings is 1. The Labute approximate surface area is 120 Å². The van der Waals surface area contributed by atoms with Crippen molar-refractivity contribution in [3.05, 3.63) is 53.1 Å². The molecule has 0 bridgehead atoms. The van der Waals surface area contributed by atoms with Crippen LogP contribution in [0.1, 0.15) is 22.4 Å². The van der Waals surface area contributed by atoms with E-state index in [4.69, 9.17) is 5.26 Å². The fourth-order valence-electron chi connectivity index (χ4n) is 1.86. The summed E-state index contributed by atoms with van der Waals surface area (Å²) in [6.45, 7) is -0.346. The summed E-state index contributed by atoms with van der Waals surface area (Å²) in [5.74, 6) is 0. The Morgan fingerprint density at radius 1 is 1.09 bits per heavy atom. The Kier molecular flexibility index (Phi) is 3.87. The lowest BCUT2D eigenvalue weighted by Gasteiger charge is -2.16. The molecule has 0 saturated heterocycles.